The van der Waals surface area contributed by atoms with Crippen LogP contribution in [0.2, 0.25) is 0 Å². The third-order valence-corrected chi connectivity index (χ3v) is 4.67. The fourth-order valence-corrected chi connectivity index (χ4v) is 3.59. The van der Waals surface area contributed by atoms with Crippen LogP contribution in [0.4, 0.5) is 0 Å². The number of hydrogen-bond donors (Lipinski definition) is 1. The van der Waals surface area contributed by atoms with Crippen molar-refractivity contribution in [3.05, 3.63) is 21.9 Å². The monoisotopic (exact) mass is 280 g/mol. The maximum Gasteiger partial charge on any atom is 0.240 e. The number of aryl methyl sites for hydroxylation is 1. The van der Waals surface area contributed by atoms with E-state index in [1.165, 1.54) is 10.4 Å². The Hall–Kier alpha value is -0.870. The molecule has 19 heavy (non-hydrogen) atoms. The lowest BCUT2D eigenvalue weighted by Gasteiger charge is -2.32. The molecule has 0 radical (unpaired) electrons. The summed E-state index contributed by atoms with van der Waals surface area (Å²) in [6.45, 7) is 6.95. The van der Waals surface area contributed by atoms with Crippen LogP contribution in [-0.2, 0) is 17.8 Å². The number of rotatable bonds is 6. The van der Waals surface area contributed by atoms with E-state index in [0.29, 0.717) is 0 Å². The van der Waals surface area contributed by atoms with Crippen LogP contribution < -0.4 is 5.32 Å². The van der Waals surface area contributed by atoms with E-state index in [1.54, 1.807) is 11.3 Å². The molecule has 1 N–H and O–H groups in total. The van der Waals surface area contributed by atoms with Crippen LogP contribution >= 0.6 is 11.3 Å². The summed E-state index contributed by atoms with van der Waals surface area (Å²) < 4.78 is 0. The van der Waals surface area contributed by atoms with Crippen molar-refractivity contribution in [2.24, 2.45) is 0 Å². The number of amides is 1. The van der Waals surface area contributed by atoms with E-state index in [9.17, 15) is 4.79 Å². The SMILES string of the molecule is CCCNC1CCCN(Cc2sccc2CC)C1=O. The Bertz CT molecular complexity index is 416. The molecule has 106 valence electrons. The Kier molecular flexibility index (Phi) is 5.40. The minimum Gasteiger partial charge on any atom is -0.336 e. The Labute approximate surface area is 120 Å². The van der Waals surface area contributed by atoms with Gasteiger partial charge in [-0.25, -0.2) is 0 Å². The maximum atomic E-state index is 12.4. The number of nitrogens with one attached hydrogen (secondary N) is 1. The van der Waals surface area contributed by atoms with Gasteiger partial charge in [-0.15, -0.1) is 11.3 Å². The van der Waals surface area contributed by atoms with Gasteiger partial charge in [-0.3, -0.25) is 4.79 Å². The van der Waals surface area contributed by atoms with E-state index in [4.69, 9.17) is 0 Å². The van der Waals surface area contributed by atoms with Crippen molar-refractivity contribution in [3.63, 3.8) is 0 Å². The zero-order valence-electron chi connectivity index (χ0n) is 11.9. The lowest BCUT2D eigenvalue weighted by molar-refractivity contribution is -0.136. The molecule has 0 aromatic carbocycles. The molecule has 1 aliphatic rings. The van der Waals surface area contributed by atoms with Gasteiger partial charge in [-0.1, -0.05) is 13.8 Å². The molecule has 1 unspecified atom stereocenters. The summed E-state index contributed by atoms with van der Waals surface area (Å²) in [5.74, 6) is 0.287. The molecule has 1 amide bonds. The second-order valence-electron chi connectivity index (χ2n) is 5.13. The van der Waals surface area contributed by atoms with Gasteiger partial charge in [-0.05, 0) is 49.2 Å². The van der Waals surface area contributed by atoms with E-state index in [-0.39, 0.29) is 11.9 Å². The number of likely N-dealkylation sites (tertiary alicyclic amines) is 1. The van der Waals surface area contributed by atoms with Crippen molar-refractivity contribution in [2.45, 2.75) is 52.1 Å². The summed E-state index contributed by atoms with van der Waals surface area (Å²) in [6, 6.07) is 2.22. The molecule has 1 saturated heterocycles. The van der Waals surface area contributed by atoms with Gasteiger partial charge in [0.25, 0.3) is 0 Å². The molecule has 1 atom stereocenters. The van der Waals surface area contributed by atoms with Gasteiger partial charge in [0, 0.05) is 11.4 Å². The van der Waals surface area contributed by atoms with Crippen LogP contribution in [-0.4, -0.2) is 29.9 Å². The van der Waals surface area contributed by atoms with E-state index in [2.05, 4.69) is 30.6 Å². The molecular weight excluding hydrogens is 256 g/mol. The van der Waals surface area contributed by atoms with Gasteiger partial charge in [-0.2, -0.15) is 0 Å². The highest BCUT2D eigenvalue weighted by Gasteiger charge is 2.28. The lowest BCUT2D eigenvalue weighted by Crippen LogP contribution is -2.50. The molecule has 0 spiro atoms. The van der Waals surface area contributed by atoms with Crippen LogP contribution in [0.25, 0.3) is 0 Å². The molecular formula is C15H24N2OS. The van der Waals surface area contributed by atoms with Crippen molar-refractivity contribution >= 4 is 17.2 Å². The first kappa shape index (κ1) is 14.5. The Morgan fingerprint density at radius 3 is 3.05 bits per heavy atom. The van der Waals surface area contributed by atoms with Crippen LogP contribution in [0.5, 0.6) is 0 Å². The van der Waals surface area contributed by atoms with Gasteiger partial charge in [0.2, 0.25) is 5.91 Å². The minimum absolute atomic E-state index is 0.0405. The standard InChI is InChI=1S/C15H24N2OS/c1-3-8-16-13-6-5-9-17(15(13)18)11-14-12(4-2)7-10-19-14/h7,10,13,16H,3-6,8-9,11H2,1-2H3. The third-order valence-electron chi connectivity index (χ3n) is 3.72. The van der Waals surface area contributed by atoms with E-state index in [1.807, 2.05) is 4.90 Å². The van der Waals surface area contributed by atoms with Crippen molar-refractivity contribution < 1.29 is 4.79 Å². The number of piperidine rings is 1. The summed E-state index contributed by atoms with van der Waals surface area (Å²) in [4.78, 5) is 15.8. The Balaban J connectivity index is 1.98. The van der Waals surface area contributed by atoms with Crippen molar-refractivity contribution in [3.8, 4) is 0 Å². The first-order chi connectivity index (χ1) is 9.26. The highest BCUT2D eigenvalue weighted by Crippen LogP contribution is 2.22. The van der Waals surface area contributed by atoms with Crippen LogP contribution in [0.3, 0.4) is 0 Å². The molecule has 0 saturated carbocycles. The second-order valence-corrected chi connectivity index (χ2v) is 6.13. The Morgan fingerprint density at radius 2 is 2.32 bits per heavy atom. The number of carbonyl (C=O) groups is 1. The van der Waals surface area contributed by atoms with Gasteiger partial charge < -0.3 is 10.2 Å². The predicted molar refractivity (Wildman–Crippen MR) is 80.4 cm³/mol. The Morgan fingerprint density at radius 1 is 1.47 bits per heavy atom. The van der Waals surface area contributed by atoms with Gasteiger partial charge >= 0.3 is 0 Å². The number of carbonyl (C=O) groups excluding carboxylic acids is 1. The summed E-state index contributed by atoms with van der Waals surface area (Å²) >= 11 is 1.77. The number of nitrogens with zero attached hydrogens (tertiary/aromatic N) is 1. The van der Waals surface area contributed by atoms with Crippen molar-refractivity contribution in [1.29, 1.82) is 0 Å². The molecule has 2 heterocycles. The van der Waals surface area contributed by atoms with E-state index >= 15 is 0 Å². The highest BCUT2D eigenvalue weighted by atomic mass is 32.1. The molecule has 1 aromatic heterocycles. The zero-order valence-corrected chi connectivity index (χ0v) is 12.8. The third kappa shape index (κ3) is 3.57. The summed E-state index contributed by atoms with van der Waals surface area (Å²) in [6.07, 6.45) is 4.23. The second kappa shape index (κ2) is 7.06. The van der Waals surface area contributed by atoms with Crippen LogP contribution in [0, 0.1) is 0 Å². The average molecular weight is 280 g/mol. The summed E-state index contributed by atoms with van der Waals surface area (Å²) in [5.41, 5.74) is 1.39. The topological polar surface area (TPSA) is 32.3 Å². The van der Waals surface area contributed by atoms with E-state index in [0.717, 1.165) is 45.3 Å². The summed E-state index contributed by atoms with van der Waals surface area (Å²) in [7, 11) is 0. The fraction of sp³-hybridized carbons (Fsp3) is 0.667. The molecule has 0 aliphatic carbocycles. The minimum atomic E-state index is 0.0405. The summed E-state index contributed by atoms with van der Waals surface area (Å²) in [5, 5.41) is 5.51. The number of thiophene rings is 1. The highest BCUT2D eigenvalue weighted by molar-refractivity contribution is 7.10. The van der Waals surface area contributed by atoms with Crippen molar-refractivity contribution in [1.82, 2.24) is 10.2 Å². The molecule has 4 heteroatoms. The molecule has 2 rings (SSSR count). The van der Waals surface area contributed by atoms with Gasteiger partial charge in [0.05, 0.1) is 12.6 Å². The van der Waals surface area contributed by atoms with Gasteiger partial charge in [0.15, 0.2) is 0 Å². The van der Waals surface area contributed by atoms with Crippen LogP contribution in [0.1, 0.15) is 43.6 Å². The zero-order chi connectivity index (χ0) is 13.7. The smallest absolute Gasteiger partial charge is 0.240 e. The van der Waals surface area contributed by atoms with Gasteiger partial charge in [0.1, 0.15) is 0 Å². The number of hydrogen-bond acceptors (Lipinski definition) is 3. The molecule has 3 nitrogen and oxygen atoms in total. The quantitative estimate of drug-likeness (QED) is 0.869. The average Bonchev–Trinajstić information content (AvgIpc) is 2.87. The van der Waals surface area contributed by atoms with Crippen molar-refractivity contribution in [2.75, 3.05) is 13.1 Å². The first-order valence-corrected chi connectivity index (χ1v) is 8.21. The normalized spacial score (nSPS) is 20.0. The largest absolute Gasteiger partial charge is 0.336 e. The predicted octanol–water partition coefficient (Wildman–Crippen LogP) is 2.80. The molecule has 0 bridgehead atoms. The lowest BCUT2D eigenvalue weighted by atomic mass is 10.0. The molecule has 1 aromatic rings. The molecule has 1 aliphatic heterocycles. The van der Waals surface area contributed by atoms with Crippen LogP contribution in [0.15, 0.2) is 11.4 Å². The van der Waals surface area contributed by atoms with E-state index < -0.39 is 0 Å². The maximum absolute atomic E-state index is 12.4. The molecule has 1 fully saturated rings. The fourth-order valence-electron chi connectivity index (χ4n) is 2.60. The first-order valence-electron chi connectivity index (χ1n) is 7.33.